The summed E-state index contributed by atoms with van der Waals surface area (Å²) >= 11 is 11.8. The second-order valence-corrected chi connectivity index (χ2v) is 4.18. The molecule has 0 amide bonds. The van der Waals surface area contributed by atoms with Crippen LogP contribution in [0.4, 0.5) is 5.69 Å². The molecule has 2 rings (SSSR count). The molecule has 1 aromatic carbocycles. The highest BCUT2D eigenvalue weighted by Crippen LogP contribution is 2.32. The van der Waals surface area contributed by atoms with E-state index in [1.807, 2.05) is 0 Å². The van der Waals surface area contributed by atoms with Crippen LogP contribution in [0.5, 0.6) is 5.75 Å². The van der Waals surface area contributed by atoms with Crippen LogP contribution in [-0.4, -0.2) is 22.0 Å². The van der Waals surface area contributed by atoms with Gasteiger partial charge in [0.1, 0.15) is 0 Å². The maximum absolute atomic E-state index is 10.6. The van der Waals surface area contributed by atoms with Gasteiger partial charge in [0.15, 0.2) is 21.9 Å². The molecule has 0 aliphatic carbocycles. The zero-order valence-electron chi connectivity index (χ0n) is 9.63. The van der Waals surface area contributed by atoms with Crippen molar-refractivity contribution in [3.63, 3.8) is 0 Å². The van der Waals surface area contributed by atoms with Crippen LogP contribution in [0.2, 0.25) is 10.3 Å². The first-order valence-corrected chi connectivity index (χ1v) is 5.80. The number of nitro groups is 1. The number of hydrogen-bond acceptors (Lipinski definition) is 5. The summed E-state index contributed by atoms with van der Waals surface area (Å²) in [6.45, 7) is 0. The maximum Gasteiger partial charge on any atom is 0.269 e. The highest BCUT2D eigenvalue weighted by molar-refractivity contribution is 6.35. The first-order valence-electron chi connectivity index (χ1n) is 5.04. The predicted molar refractivity (Wildman–Crippen MR) is 70.7 cm³/mol. The van der Waals surface area contributed by atoms with Gasteiger partial charge in [0.25, 0.3) is 5.69 Å². The van der Waals surface area contributed by atoms with E-state index in [1.54, 1.807) is 0 Å². The molecule has 0 spiro atoms. The second kappa shape index (κ2) is 5.38. The van der Waals surface area contributed by atoms with E-state index in [1.165, 1.54) is 31.4 Å². The molecule has 1 aromatic heterocycles. The number of benzene rings is 1. The number of non-ortho nitro benzene ring substituents is 1. The summed E-state index contributed by atoms with van der Waals surface area (Å²) in [6, 6.07) is 5.74. The smallest absolute Gasteiger partial charge is 0.269 e. The molecule has 98 valence electrons. The fourth-order valence-corrected chi connectivity index (χ4v) is 1.97. The first-order chi connectivity index (χ1) is 9.02. The monoisotopic (exact) mass is 299 g/mol. The molecule has 0 fully saturated rings. The molecule has 0 aliphatic heterocycles. The lowest BCUT2D eigenvalue weighted by Crippen LogP contribution is -1.96. The van der Waals surface area contributed by atoms with Gasteiger partial charge in [-0.3, -0.25) is 10.1 Å². The lowest BCUT2D eigenvalue weighted by atomic mass is 10.2. The number of nitro benzene ring substituents is 1. The molecule has 0 saturated carbocycles. The summed E-state index contributed by atoms with van der Waals surface area (Å²) in [7, 11) is 1.40. The Balaban J connectivity index is 2.44. The third kappa shape index (κ3) is 2.74. The highest BCUT2D eigenvalue weighted by Gasteiger charge is 2.14. The molecule has 19 heavy (non-hydrogen) atoms. The van der Waals surface area contributed by atoms with Gasteiger partial charge in [0, 0.05) is 17.7 Å². The largest absolute Gasteiger partial charge is 0.491 e. The van der Waals surface area contributed by atoms with Crippen molar-refractivity contribution in [2.75, 3.05) is 7.11 Å². The third-order valence-electron chi connectivity index (χ3n) is 2.32. The van der Waals surface area contributed by atoms with Crippen molar-refractivity contribution in [3.05, 3.63) is 44.7 Å². The quantitative estimate of drug-likeness (QED) is 0.493. The molecule has 0 aliphatic rings. The van der Waals surface area contributed by atoms with E-state index < -0.39 is 4.92 Å². The van der Waals surface area contributed by atoms with Crippen molar-refractivity contribution in [1.82, 2.24) is 9.97 Å². The third-order valence-corrected chi connectivity index (χ3v) is 2.84. The molecule has 0 unspecified atom stereocenters. The van der Waals surface area contributed by atoms with Crippen LogP contribution in [0.1, 0.15) is 0 Å². The Kier molecular flexibility index (Phi) is 3.82. The van der Waals surface area contributed by atoms with E-state index in [0.29, 0.717) is 5.56 Å². The van der Waals surface area contributed by atoms with Crippen LogP contribution < -0.4 is 4.74 Å². The van der Waals surface area contributed by atoms with E-state index in [0.717, 1.165) is 0 Å². The molecular weight excluding hydrogens is 293 g/mol. The van der Waals surface area contributed by atoms with Crippen LogP contribution in [0, 0.1) is 10.1 Å². The van der Waals surface area contributed by atoms with Gasteiger partial charge in [-0.1, -0.05) is 23.2 Å². The molecule has 0 saturated heterocycles. The molecule has 1 heterocycles. The zero-order valence-corrected chi connectivity index (χ0v) is 11.1. The fraction of sp³-hybridized carbons (Fsp3) is 0.0909. The molecule has 0 N–H and O–H groups in total. The Bertz CT molecular complexity index is 609. The van der Waals surface area contributed by atoms with Crippen LogP contribution in [0.25, 0.3) is 11.4 Å². The Labute approximate surface area is 118 Å². The van der Waals surface area contributed by atoms with E-state index in [4.69, 9.17) is 27.9 Å². The normalized spacial score (nSPS) is 10.3. The van der Waals surface area contributed by atoms with Gasteiger partial charge in [0.2, 0.25) is 0 Å². The van der Waals surface area contributed by atoms with Crippen LogP contribution in [0.3, 0.4) is 0 Å². The minimum absolute atomic E-state index is 0.0190. The van der Waals surface area contributed by atoms with Crippen LogP contribution in [-0.2, 0) is 0 Å². The van der Waals surface area contributed by atoms with Crippen LogP contribution in [0.15, 0.2) is 24.3 Å². The lowest BCUT2D eigenvalue weighted by Gasteiger charge is -2.06. The summed E-state index contributed by atoms with van der Waals surface area (Å²) in [5.41, 5.74) is 0.548. The first kappa shape index (κ1) is 13.5. The van der Waals surface area contributed by atoms with E-state index in [2.05, 4.69) is 9.97 Å². The van der Waals surface area contributed by atoms with Gasteiger partial charge in [0.05, 0.1) is 12.0 Å². The minimum atomic E-state index is -0.487. The number of ether oxygens (including phenoxy) is 1. The number of methoxy groups -OCH3 is 1. The Morgan fingerprint density at radius 2 is 1.68 bits per heavy atom. The number of halogens is 2. The zero-order chi connectivity index (χ0) is 14.0. The minimum Gasteiger partial charge on any atom is -0.491 e. The van der Waals surface area contributed by atoms with Crippen molar-refractivity contribution in [1.29, 1.82) is 0 Å². The van der Waals surface area contributed by atoms with Crippen molar-refractivity contribution in [2.45, 2.75) is 0 Å². The number of nitrogens with zero attached hydrogens (tertiary/aromatic N) is 3. The molecule has 6 nitrogen and oxygen atoms in total. The summed E-state index contributed by atoms with van der Waals surface area (Å²) in [4.78, 5) is 18.1. The summed E-state index contributed by atoms with van der Waals surface area (Å²) < 4.78 is 4.94. The molecule has 0 bridgehead atoms. The standard InChI is InChI=1S/C11H7Cl2N3O3/c1-19-8-9(12)14-11(15-10(8)13)6-2-4-7(5-3-6)16(17)18/h2-5H,1H3. The number of aromatic nitrogens is 2. The van der Waals surface area contributed by atoms with Gasteiger partial charge in [-0.05, 0) is 12.1 Å². The van der Waals surface area contributed by atoms with Gasteiger partial charge in [-0.15, -0.1) is 0 Å². The van der Waals surface area contributed by atoms with Gasteiger partial charge >= 0.3 is 0 Å². The lowest BCUT2D eigenvalue weighted by molar-refractivity contribution is -0.384. The average molecular weight is 300 g/mol. The number of hydrogen-bond donors (Lipinski definition) is 0. The summed E-state index contributed by atoms with van der Waals surface area (Å²) in [6.07, 6.45) is 0. The van der Waals surface area contributed by atoms with Crippen LogP contribution >= 0.6 is 23.2 Å². The Morgan fingerprint density at radius 1 is 1.16 bits per heavy atom. The van der Waals surface area contributed by atoms with E-state index >= 15 is 0 Å². The van der Waals surface area contributed by atoms with Gasteiger partial charge in [-0.25, -0.2) is 9.97 Å². The molecule has 0 radical (unpaired) electrons. The summed E-state index contributed by atoms with van der Waals surface area (Å²) in [5, 5.41) is 10.7. The number of rotatable bonds is 3. The molecule has 0 atom stereocenters. The average Bonchev–Trinajstić information content (AvgIpc) is 2.38. The predicted octanol–water partition coefficient (Wildman–Crippen LogP) is 3.37. The second-order valence-electron chi connectivity index (χ2n) is 3.47. The maximum atomic E-state index is 10.6. The SMILES string of the molecule is COc1c(Cl)nc(-c2ccc([N+](=O)[O-])cc2)nc1Cl. The molecular formula is C11H7Cl2N3O3. The highest BCUT2D eigenvalue weighted by atomic mass is 35.5. The topological polar surface area (TPSA) is 78.2 Å². The molecule has 2 aromatic rings. The van der Waals surface area contributed by atoms with Gasteiger partial charge < -0.3 is 4.74 Å². The Hall–Kier alpha value is -1.92. The Morgan fingerprint density at radius 3 is 2.11 bits per heavy atom. The van der Waals surface area contributed by atoms with Crippen molar-refractivity contribution in [2.24, 2.45) is 0 Å². The van der Waals surface area contributed by atoms with Crippen molar-refractivity contribution >= 4 is 28.9 Å². The van der Waals surface area contributed by atoms with Crippen molar-refractivity contribution in [3.8, 4) is 17.1 Å². The summed E-state index contributed by atoms with van der Waals surface area (Å²) in [5.74, 6) is 0.458. The van der Waals surface area contributed by atoms with E-state index in [-0.39, 0.29) is 27.6 Å². The van der Waals surface area contributed by atoms with Gasteiger partial charge in [-0.2, -0.15) is 0 Å². The molecule has 8 heteroatoms. The van der Waals surface area contributed by atoms with E-state index in [9.17, 15) is 10.1 Å². The fourth-order valence-electron chi connectivity index (χ4n) is 1.43. The van der Waals surface area contributed by atoms with Crippen molar-refractivity contribution < 1.29 is 9.66 Å².